The van der Waals surface area contributed by atoms with Crippen LogP contribution in [0.15, 0.2) is 0 Å². The molecule has 3 fully saturated rings. The second kappa shape index (κ2) is 2.68. The van der Waals surface area contributed by atoms with E-state index in [9.17, 15) is 21.6 Å². The van der Waals surface area contributed by atoms with E-state index in [0.29, 0.717) is 0 Å². The third-order valence-corrected chi connectivity index (χ3v) is 3.87. The molecule has 7 heteroatoms. The maximum absolute atomic E-state index is 12.4. The lowest BCUT2D eigenvalue weighted by Gasteiger charge is -2.70. The maximum Gasteiger partial charge on any atom is 0.394 e. The predicted molar refractivity (Wildman–Crippen MR) is 45.6 cm³/mol. The minimum Gasteiger partial charge on any atom is -0.270 e. The lowest BCUT2D eigenvalue weighted by Crippen LogP contribution is -2.69. The molecule has 15 heavy (non-hydrogen) atoms. The molecule has 0 spiro atoms. The molecule has 0 N–H and O–H groups in total. The quantitative estimate of drug-likeness (QED) is 0.710. The van der Waals surface area contributed by atoms with Crippen molar-refractivity contribution >= 4 is 10.1 Å². The van der Waals surface area contributed by atoms with Crippen molar-refractivity contribution in [3.63, 3.8) is 0 Å². The number of halogens is 3. The lowest BCUT2D eigenvalue weighted by atomic mass is 9.35. The van der Waals surface area contributed by atoms with Crippen LogP contribution in [0.3, 0.4) is 0 Å². The van der Waals surface area contributed by atoms with Gasteiger partial charge in [-0.2, -0.15) is 21.6 Å². The van der Waals surface area contributed by atoms with Gasteiger partial charge in [0, 0.05) is 0 Å². The van der Waals surface area contributed by atoms with Gasteiger partial charge in [-0.05, 0) is 24.7 Å². The first-order valence-corrected chi connectivity index (χ1v) is 6.31. The zero-order valence-corrected chi connectivity index (χ0v) is 8.91. The van der Waals surface area contributed by atoms with Crippen molar-refractivity contribution in [1.82, 2.24) is 0 Å². The fourth-order valence-electron chi connectivity index (χ4n) is 2.68. The van der Waals surface area contributed by atoms with E-state index in [-0.39, 0.29) is 25.9 Å². The molecule has 3 nitrogen and oxygen atoms in total. The molecule has 0 saturated heterocycles. The van der Waals surface area contributed by atoms with Gasteiger partial charge in [-0.1, -0.05) is 0 Å². The topological polar surface area (TPSA) is 43.4 Å². The summed E-state index contributed by atoms with van der Waals surface area (Å²) in [4.78, 5) is 0. The lowest BCUT2D eigenvalue weighted by molar-refractivity contribution is -0.367. The summed E-state index contributed by atoms with van der Waals surface area (Å²) in [6.07, 6.45) is -3.21. The second-order valence-corrected chi connectivity index (χ2v) is 6.42. The zero-order chi connectivity index (χ0) is 11.5. The predicted octanol–water partition coefficient (Wildman–Crippen LogP) is 1.70. The molecule has 3 saturated carbocycles. The van der Waals surface area contributed by atoms with E-state index in [4.69, 9.17) is 0 Å². The number of alkyl halides is 3. The Morgan fingerprint density at radius 2 is 1.73 bits per heavy atom. The Morgan fingerprint density at radius 1 is 1.27 bits per heavy atom. The molecule has 0 aromatic heterocycles. The summed E-state index contributed by atoms with van der Waals surface area (Å²) in [5, 5.41) is 0. The van der Waals surface area contributed by atoms with Gasteiger partial charge in [-0.25, -0.2) is 0 Å². The van der Waals surface area contributed by atoms with Crippen LogP contribution in [0.5, 0.6) is 0 Å². The van der Waals surface area contributed by atoms with Crippen molar-refractivity contribution < 1.29 is 25.8 Å². The summed E-state index contributed by atoms with van der Waals surface area (Å²) in [7, 11) is -3.55. The molecule has 0 radical (unpaired) electrons. The minimum atomic E-state index is -4.15. The number of hydrogen-bond donors (Lipinski definition) is 0. The molecule has 0 aromatic rings. The van der Waals surface area contributed by atoms with Gasteiger partial charge in [-0.3, -0.25) is 4.18 Å². The summed E-state index contributed by atoms with van der Waals surface area (Å²) >= 11 is 0. The van der Waals surface area contributed by atoms with Crippen molar-refractivity contribution in [3.05, 3.63) is 0 Å². The minimum absolute atomic E-state index is 0.0129. The monoisotopic (exact) mass is 244 g/mol. The number of hydrogen-bond acceptors (Lipinski definition) is 3. The van der Waals surface area contributed by atoms with Gasteiger partial charge in [-0.15, -0.1) is 0 Å². The van der Waals surface area contributed by atoms with Gasteiger partial charge < -0.3 is 0 Å². The smallest absolute Gasteiger partial charge is 0.270 e. The van der Waals surface area contributed by atoms with Gasteiger partial charge in [0.15, 0.2) is 0 Å². The van der Waals surface area contributed by atoms with Crippen LogP contribution in [0.25, 0.3) is 0 Å². The van der Waals surface area contributed by atoms with E-state index < -0.39 is 27.1 Å². The molecular formula is C8H11F3O3S. The van der Waals surface area contributed by atoms with Crippen molar-refractivity contribution in [1.29, 1.82) is 0 Å². The van der Waals surface area contributed by atoms with E-state index in [0.717, 1.165) is 6.26 Å². The molecule has 0 atom stereocenters. The van der Waals surface area contributed by atoms with Crippen molar-refractivity contribution in [2.75, 3.05) is 12.9 Å². The average Bonchev–Trinajstić information content (AvgIpc) is 1.73. The van der Waals surface area contributed by atoms with Crippen molar-refractivity contribution in [3.8, 4) is 0 Å². The summed E-state index contributed by atoms with van der Waals surface area (Å²) < 4.78 is 63.1. The summed E-state index contributed by atoms with van der Waals surface area (Å²) in [6, 6.07) is 0. The summed E-state index contributed by atoms with van der Waals surface area (Å²) in [6.45, 7) is -0.107. The third-order valence-electron chi connectivity index (χ3n) is 3.32. The number of rotatable bonds is 3. The Kier molecular flexibility index (Phi) is 2.00. The zero-order valence-electron chi connectivity index (χ0n) is 8.10. The highest BCUT2D eigenvalue weighted by molar-refractivity contribution is 7.85. The van der Waals surface area contributed by atoms with E-state index in [1.54, 1.807) is 0 Å². The van der Waals surface area contributed by atoms with Crippen LogP contribution < -0.4 is 0 Å². The molecule has 0 unspecified atom stereocenters. The largest absolute Gasteiger partial charge is 0.394 e. The third kappa shape index (κ3) is 1.65. The van der Waals surface area contributed by atoms with Crippen LogP contribution in [0.2, 0.25) is 0 Å². The molecule has 88 valence electrons. The SMILES string of the molecule is CS(=O)(=O)OCC12CC(C(F)(F)F)(C1)C2. The molecule has 3 rings (SSSR count). The van der Waals surface area contributed by atoms with E-state index >= 15 is 0 Å². The molecule has 0 aliphatic heterocycles. The van der Waals surface area contributed by atoms with Gasteiger partial charge in [0.25, 0.3) is 10.1 Å². The summed E-state index contributed by atoms with van der Waals surface area (Å²) in [5.74, 6) is 0. The fraction of sp³-hybridized carbons (Fsp3) is 1.00. The van der Waals surface area contributed by atoms with Crippen LogP contribution in [-0.4, -0.2) is 27.5 Å². The van der Waals surface area contributed by atoms with Crippen LogP contribution in [-0.2, 0) is 14.3 Å². The Balaban J connectivity index is 1.89. The van der Waals surface area contributed by atoms with Crippen LogP contribution in [0, 0.1) is 10.8 Å². The van der Waals surface area contributed by atoms with Gasteiger partial charge >= 0.3 is 6.18 Å². The normalized spacial score (nSPS) is 39.5. The molecule has 0 heterocycles. The van der Waals surface area contributed by atoms with Crippen molar-refractivity contribution in [2.24, 2.45) is 10.8 Å². The highest BCUT2D eigenvalue weighted by Crippen LogP contribution is 2.78. The van der Waals surface area contributed by atoms with Crippen molar-refractivity contribution in [2.45, 2.75) is 25.4 Å². The Bertz CT molecular complexity index is 365. The van der Waals surface area contributed by atoms with Crippen LogP contribution in [0.1, 0.15) is 19.3 Å². The van der Waals surface area contributed by atoms with E-state index in [1.807, 2.05) is 0 Å². The Hall–Kier alpha value is -0.300. The molecular weight excluding hydrogens is 233 g/mol. The average molecular weight is 244 g/mol. The highest BCUT2D eigenvalue weighted by Gasteiger charge is 2.78. The summed E-state index contributed by atoms with van der Waals surface area (Å²) in [5.41, 5.74) is -2.06. The first-order chi connectivity index (χ1) is 6.58. The first-order valence-electron chi connectivity index (χ1n) is 4.49. The molecule has 3 aliphatic rings. The molecule has 0 aromatic carbocycles. The van der Waals surface area contributed by atoms with Gasteiger partial charge in [0.2, 0.25) is 0 Å². The van der Waals surface area contributed by atoms with Gasteiger partial charge in [0.05, 0.1) is 18.3 Å². The highest BCUT2D eigenvalue weighted by atomic mass is 32.2. The second-order valence-electron chi connectivity index (χ2n) is 4.77. The van der Waals surface area contributed by atoms with E-state index in [1.165, 1.54) is 0 Å². The van der Waals surface area contributed by atoms with Gasteiger partial charge in [0.1, 0.15) is 0 Å². The first kappa shape index (κ1) is 11.2. The standard InChI is InChI=1S/C8H11F3O3S/c1-15(12,13)14-5-6-2-7(3-6,4-6)8(9,10)11/h2-5H2,1H3. The molecule has 3 aliphatic carbocycles. The van der Waals surface area contributed by atoms with E-state index in [2.05, 4.69) is 4.18 Å². The Labute approximate surface area is 85.7 Å². The van der Waals surface area contributed by atoms with Crippen LogP contribution in [0.4, 0.5) is 13.2 Å². The fourth-order valence-corrected chi connectivity index (χ4v) is 3.15. The Morgan fingerprint density at radius 3 is 2.07 bits per heavy atom. The maximum atomic E-state index is 12.4. The molecule has 0 amide bonds. The molecule has 2 bridgehead atoms. The van der Waals surface area contributed by atoms with Crippen LogP contribution >= 0.6 is 0 Å².